The molecule has 0 atom stereocenters. The van der Waals surface area contributed by atoms with Gasteiger partial charge in [0, 0.05) is 10.7 Å². The molecule has 1 aromatic heterocycles. The largest absolute Gasteiger partial charge is 0.331 e. The summed E-state index contributed by atoms with van der Waals surface area (Å²) in [5.74, 6) is 0. The van der Waals surface area contributed by atoms with Gasteiger partial charge in [-0.1, -0.05) is 61.9 Å². The predicted octanol–water partition coefficient (Wildman–Crippen LogP) is 5.99. The molecule has 0 spiro atoms. The maximum atomic E-state index is 6.02. The Labute approximate surface area is 133 Å². The molecule has 2 aromatic carbocycles. The maximum Gasteiger partial charge on any atom is 0.188 e. The summed E-state index contributed by atoms with van der Waals surface area (Å²) in [5, 5.41) is 5.06. The van der Waals surface area contributed by atoms with Crippen molar-refractivity contribution in [3.05, 3.63) is 53.1 Å². The second-order valence-electron chi connectivity index (χ2n) is 6.05. The quantitative estimate of drug-likeness (QED) is 0.628. The summed E-state index contributed by atoms with van der Waals surface area (Å²) in [6.07, 6.45) is 0. The first-order valence-corrected chi connectivity index (χ1v) is 8.05. The predicted molar refractivity (Wildman–Crippen MR) is 93.1 cm³/mol. The van der Waals surface area contributed by atoms with Crippen molar-refractivity contribution >= 4 is 44.0 Å². The van der Waals surface area contributed by atoms with E-state index < -0.39 is 0 Å². The van der Waals surface area contributed by atoms with Crippen molar-refractivity contribution in [2.75, 3.05) is 5.32 Å². The number of hydrogen-bond donors (Lipinski definition) is 1. The Kier molecular flexibility index (Phi) is 3.64. The van der Waals surface area contributed by atoms with Crippen LogP contribution in [0.1, 0.15) is 26.3 Å². The molecule has 4 heteroatoms. The summed E-state index contributed by atoms with van der Waals surface area (Å²) < 4.78 is 1.13. The van der Waals surface area contributed by atoms with Crippen molar-refractivity contribution in [3.63, 3.8) is 0 Å². The Morgan fingerprint density at radius 1 is 1.10 bits per heavy atom. The van der Waals surface area contributed by atoms with Crippen LogP contribution in [0.4, 0.5) is 10.8 Å². The van der Waals surface area contributed by atoms with E-state index >= 15 is 0 Å². The second-order valence-corrected chi connectivity index (χ2v) is 7.52. The van der Waals surface area contributed by atoms with E-state index in [1.165, 1.54) is 5.56 Å². The first-order chi connectivity index (χ1) is 9.93. The van der Waals surface area contributed by atoms with Crippen LogP contribution in [0.5, 0.6) is 0 Å². The lowest BCUT2D eigenvalue weighted by molar-refractivity contribution is 0.592. The molecule has 21 heavy (non-hydrogen) atoms. The zero-order valence-corrected chi connectivity index (χ0v) is 13.8. The Bertz CT molecular complexity index is 787. The standard InChI is InChI=1S/C17H17ClN2S/c1-17(2,3)12-6-4-5-7-13(12)19-16-20-14-10-11(18)8-9-15(14)21-16/h4-10H,1-3H3,(H,19,20). The minimum Gasteiger partial charge on any atom is -0.331 e. The van der Waals surface area contributed by atoms with Gasteiger partial charge in [0.15, 0.2) is 5.13 Å². The fourth-order valence-corrected chi connectivity index (χ4v) is 3.34. The first-order valence-electron chi connectivity index (χ1n) is 6.86. The SMILES string of the molecule is CC(C)(C)c1ccccc1Nc1nc2cc(Cl)ccc2s1. The van der Waals surface area contributed by atoms with E-state index in [9.17, 15) is 0 Å². The molecule has 2 nitrogen and oxygen atoms in total. The number of nitrogens with one attached hydrogen (secondary N) is 1. The lowest BCUT2D eigenvalue weighted by Gasteiger charge is -2.22. The van der Waals surface area contributed by atoms with Crippen molar-refractivity contribution in [1.82, 2.24) is 4.98 Å². The zero-order valence-electron chi connectivity index (χ0n) is 12.3. The molecule has 0 saturated carbocycles. The van der Waals surface area contributed by atoms with Gasteiger partial charge in [0.25, 0.3) is 0 Å². The number of thiazole rings is 1. The van der Waals surface area contributed by atoms with E-state index in [-0.39, 0.29) is 5.41 Å². The van der Waals surface area contributed by atoms with Crippen molar-refractivity contribution < 1.29 is 0 Å². The van der Waals surface area contributed by atoms with Gasteiger partial charge in [-0.15, -0.1) is 0 Å². The number of fused-ring (bicyclic) bond motifs is 1. The molecular weight excluding hydrogens is 300 g/mol. The van der Waals surface area contributed by atoms with Crippen molar-refractivity contribution in [2.45, 2.75) is 26.2 Å². The third-order valence-electron chi connectivity index (χ3n) is 3.33. The first kappa shape index (κ1) is 14.4. The summed E-state index contributed by atoms with van der Waals surface area (Å²) >= 11 is 7.66. The number of para-hydroxylation sites is 1. The molecule has 0 amide bonds. The fraction of sp³-hybridized carbons (Fsp3) is 0.235. The number of hydrogen-bond acceptors (Lipinski definition) is 3. The van der Waals surface area contributed by atoms with Crippen molar-refractivity contribution in [2.24, 2.45) is 0 Å². The molecule has 0 aliphatic heterocycles. The van der Waals surface area contributed by atoms with Gasteiger partial charge in [0.05, 0.1) is 10.2 Å². The topological polar surface area (TPSA) is 24.9 Å². The highest BCUT2D eigenvalue weighted by molar-refractivity contribution is 7.22. The van der Waals surface area contributed by atoms with Crippen LogP contribution in [0.25, 0.3) is 10.2 Å². The molecule has 0 radical (unpaired) electrons. The average Bonchev–Trinajstić information content (AvgIpc) is 2.79. The Morgan fingerprint density at radius 3 is 2.62 bits per heavy atom. The average molecular weight is 317 g/mol. The number of halogens is 1. The molecule has 0 bridgehead atoms. The van der Waals surface area contributed by atoms with E-state index in [0.717, 1.165) is 26.1 Å². The maximum absolute atomic E-state index is 6.02. The third-order valence-corrected chi connectivity index (χ3v) is 4.51. The summed E-state index contributed by atoms with van der Waals surface area (Å²) in [5.41, 5.74) is 3.41. The Balaban J connectivity index is 1.99. The number of aromatic nitrogens is 1. The molecule has 3 rings (SSSR count). The van der Waals surface area contributed by atoms with Gasteiger partial charge >= 0.3 is 0 Å². The molecule has 3 aromatic rings. The lowest BCUT2D eigenvalue weighted by atomic mass is 9.86. The molecule has 0 aliphatic carbocycles. The minimum absolute atomic E-state index is 0.0869. The third kappa shape index (κ3) is 3.04. The highest BCUT2D eigenvalue weighted by Gasteiger charge is 2.18. The van der Waals surface area contributed by atoms with Crippen molar-refractivity contribution in [1.29, 1.82) is 0 Å². The molecule has 0 fully saturated rings. The molecule has 1 heterocycles. The normalized spacial score (nSPS) is 11.8. The van der Waals surface area contributed by atoms with Crippen LogP contribution in [-0.4, -0.2) is 4.98 Å². The van der Waals surface area contributed by atoms with E-state index in [4.69, 9.17) is 11.6 Å². The van der Waals surface area contributed by atoms with Gasteiger partial charge in [-0.3, -0.25) is 0 Å². The van der Waals surface area contributed by atoms with E-state index in [0.29, 0.717) is 0 Å². The monoisotopic (exact) mass is 316 g/mol. The summed E-state index contributed by atoms with van der Waals surface area (Å²) in [4.78, 5) is 4.61. The van der Waals surface area contributed by atoms with Gasteiger partial charge in [-0.2, -0.15) is 0 Å². The Morgan fingerprint density at radius 2 is 1.86 bits per heavy atom. The van der Waals surface area contributed by atoms with Crippen molar-refractivity contribution in [3.8, 4) is 0 Å². The van der Waals surface area contributed by atoms with Gasteiger partial charge in [0.2, 0.25) is 0 Å². The number of rotatable bonds is 2. The number of nitrogens with zero attached hydrogens (tertiary/aromatic N) is 1. The van der Waals surface area contributed by atoms with Crippen LogP contribution in [0.2, 0.25) is 5.02 Å². The molecule has 0 saturated heterocycles. The Hall–Kier alpha value is -1.58. The van der Waals surface area contributed by atoms with Gasteiger partial charge in [0.1, 0.15) is 0 Å². The van der Waals surface area contributed by atoms with E-state index in [1.54, 1.807) is 11.3 Å². The zero-order chi connectivity index (χ0) is 15.0. The van der Waals surface area contributed by atoms with Crippen LogP contribution in [0, 0.1) is 0 Å². The summed E-state index contributed by atoms with van der Waals surface area (Å²) in [6.45, 7) is 6.64. The van der Waals surface area contributed by atoms with Crippen LogP contribution >= 0.6 is 22.9 Å². The van der Waals surface area contributed by atoms with Crippen LogP contribution in [0.15, 0.2) is 42.5 Å². The molecule has 108 valence electrons. The highest BCUT2D eigenvalue weighted by Crippen LogP contribution is 2.34. The second kappa shape index (κ2) is 5.32. The molecule has 0 aliphatic rings. The lowest BCUT2D eigenvalue weighted by Crippen LogP contribution is -2.13. The van der Waals surface area contributed by atoms with Crippen LogP contribution in [-0.2, 0) is 5.41 Å². The minimum atomic E-state index is 0.0869. The fourth-order valence-electron chi connectivity index (χ4n) is 2.32. The molecular formula is C17H17ClN2S. The molecule has 0 unspecified atom stereocenters. The van der Waals surface area contributed by atoms with Crippen LogP contribution < -0.4 is 5.32 Å². The van der Waals surface area contributed by atoms with E-state index in [2.05, 4.69) is 49.3 Å². The highest BCUT2D eigenvalue weighted by atomic mass is 35.5. The number of anilines is 2. The van der Waals surface area contributed by atoms with Gasteiger partial charge in [-0.25, -0.2) is 4.98 Å². The smallest absolute Gasteiger partial charge is 0.188 e. The number of benzene rings is 2. The van der Waals surface area contributed by atoms with Gasteiger partial charge in [-0.05, 0) is 35.2 Å². The summed E-state index contributed by atoms with van der Waals surface area (Å²) in [6, 6.07) is 14.2. The summed E-state index contributed by atoms with van der Waals surface area (Å²) in [7, 11) is 0. The van der Waals surface area contributed by atoms with Gasteiger partial charge < -0.3 is 5.32 Å². The van der Waals surface area contributed by atoms with E-state index in [1.807, 2.05) is 24.3 Å². The van der Waals surface area contributed by atoms with Crippen LogP contribution in [0.3, 0.4) is 0 Å². The molecule has 1 N–H and O–H groups in total.